The molecule has 0 aliphatic rings. The standard InChI is InChI=1S/C37H32N6O17S4.4Na/c1-17-5-27(33(59-3)15-25(17)40-42-29-11-21(61(47,48)49)7-19-9-23(63(53,54)55)13-31(44)35(19)29)38-37(46)39-28-6-18(2)26(16-34(28)60-4)41-43-30-12-22(62(50,51)52)8-20-10-24(64(56,57)58)14-32(45)36(20)30;;;;/h5-16,44-45H,1-4H3,(H2,38,39,46)(H,47,48,49)(H,50,51,52)(H,53,54,55)(H,56,57,58);;;;/q;4*+1/p-4. The van der Waals surface area contributed by atoms with Gasteiger partial charge in [0, 0.05) is 12.1 Å². The minimum atomic E-state index is -5.16. The Morgan fingerprint density at radius 1 is 0.471 bits per heavy atom. The Bertz CT molecular complexity index is 3270. The SMILES string of the molecule is COc1cc(N=Nc2cc(S(=O)(=O)[O-])cc3cc(S(=O)(=O)[O-])cc(O)c23)c(C)cc1NC(=O)Nc1cc(C)c(N=Nc2cc(S(=O)(=O)[O-])cc3cc(S(=O)(=O)[O-])cc(O)c23)cc1OC.[Na+].[Na+].[Na+].[Na+]. The van der Waals surface area contributed by atoms with E-state index in [2.05, 4.69) is 31.1 Å². The summed E-state index contributed by atoms with van der Waals surface area (Å²) in [5.74, 6) is -1.50. The van der Waals surface area contributed by atoms with Gasteiger partial charge in [0.25, 0.3) is 0 Å². The molecule has 68 heavy (non-hydrogen) atoms. The van der Waals surface area contributed by atoms with Crippen molar-refractivity contribution in [3.05, 3.63) is 83.9 Å². The number of amides is 2. The minimum Gasteiger partial charge on any atom is -0.744 e. The average molecular weight is 1050 g/mol. The van der Waals surface area contributed by atoms with Crippen molar-refractivity contribution in [2.24, 2.45) is 20.5 Å². The molecule has 0 aliphatic heterocycles. The Hall–Kier alpha value is -2.85. The molecule has 336 valence electrons. The summed E-state index contributed by atoms with van der Waals surface area (Å²) >= 11 is 0. The summed E-state index contributed by atoms with van der Waals surface area (Å²) < 4.78 is 152. The van der Waals surface area contributed by atoms with Crippen LogP contribution in [0.15, 0.2) is 113 Å². The summed E-state index contributed by atoms with van der Waals surface area (Å²) in [6.45, 7) is 3.09. The predicted octanol–water partition coefficient (Wildman–Crippen LogP) is -5.85. The maximum atomic E-state index is 13.3. The van der Waals surface area contributed by atoms with Gasteiger partial charge < -0.3 is 48.5 Å². The van der Waals surface area contributed by atoms with E-state index >= 15 is 0 Å². The van der Waals surface area contributed by atoms with Crippen LogP contribution in [0.3, 0.4) is 0 Å². The van der Waals surface area contributed by atoms with Crippen molar-refractivity contribution in [1.82, 2.24) is 0 Å². The number of ether oxygens (including phenoxy) is 2. The third kappa shape index (κ3) is 14.2. The van der Waals surface area contributed by atoms with Crippen molar-refractivity contribution < 1.29 is 195 Å². The number of carbonyl (C=O) groups excluding carboxylic acids is 1. The molecule has 0 aromatic heterocycles. The fraction of sp³-hybridized carbons (Fsp3) is 0.108. The van der Waals surface area contributed by atoms with Gasteiger partial charge in [0.1, 0.15) is 63.5 Å². The van der Waals surface area contributed by atoms with Crippen molar-refractivity contribution in [3.8, 4) is 23.0 Å². The van der Waals surface area contributed by atoms with Crippen molar-refractivity contribution in [2.75, 3.05) is 24.9 Å². The van der Waals surface area contributed by atoms with Crippen LogP contribution in [0.5, 0.6) is 23.0 Å². The zero-order valence-corrected chi connectivity index (χ0v) is 48.1. The van der Waals surface area contributed by atoms with Gasteiger partial charge in [-0.05, 0) is 96.4 Å². The number of nitrogens with zero attached hydrogens (tertiary/aromatic N) is 4. The van der Waals surface area contributed by atoms with Crippen LogP contribution in [-0.2, 0) is 40.5 Å². The third-order valence-electron chi connectivity index (χ3n) is 9.13. The summed E-state index contributed by atoms with van der Waals surface area (Å²) in [4.78, 5) is 9.79. The number of fused-ring (bicyclic) bond motifs is 2. The molecule has 6 aromatic carbocycles. The second kappa shape index (κ2) is 23.6. The molecule has 0 atom stereocenters. The molecule has 31 heteroatoms. The number of anilines is 2. The fourth-order valence-corrected chi connectivity index (χ4v) is 8.27. The van der Waals surface area contributed by atoms with Gasteiger partial charge in [-0.2, -0.15) is 10.2 Å². The van der Waals surface area contributed by atoms with Crippen LogP contribution in [0.25, 0.3) is 21.5 Å². The van der Waals surface area contributed by atoms with E-state index < -0.39 is 77.6 Å². The van der Waals surface area contributed by atoms with Crippen LogP contribution in [0.4, 0.5) is 38.9 Å². The van der Waals surface area contributed by atoms with Crippen LogP contribution in [0.2, 0.25) is 0 Å². The topological polar surface area (TPSA) is 378 Å². The molecular weight excluding hydrogens is 1020 g/mol. The van der Waals surface area contributed by atoms with Crippen LogP contribution in [0.1, 0.15) is 11.1 Å². The molecule has 0 unspecified atom stereocenters. The van der Waals surface area contributed by atoms with Gasteiger partial charge in [-0.3, -0.25) is 0 Å². The Morgan fingerprint density at radius 3 is 1.03 bits per heavy atom. The van der Waals surface area contributed by atoms with E-state index in [0.717, 1.165) is 36.4 Å². The molecule has 2 amide bonds. The first-order valence-corrected chi connectivity index (χ1v) is 23.0. The van der Waals surface area contributed by atoms with E-state index in [1.807, 2.05) is 0 Å². The van der Waals surface area contributed by atoms with E-state index in [1.165, 1.54) is 38.5 Å². The average Bonchev–Trinajstić information content (AvgIpc) is 3.18. The molecule has 0 fully saturated rings. The number of hydrogen-bond donors (Lipinski definition) is 4. The normalized spacial score (nSPS) is 11.9. The monoisotopic (exact) mass is 1050 g/mol. The zero-order chi connectivity index (χ0) is 47.3. The van der Waals surface area contributed by atoms with Gasteiger partial charge in [0.15, 0.2) is 0 Å². The molecule has 0 aliphatic carbocycles. The maximum Gasteiger partial charge on any atom is 1.00 e. The summed E-state index contributed by atoms with van der Waals surface area (Å²) in [7, 11) is -18.0. The summed E-state index contributed by atoms with van der Waals surface area (Å²) in [6.07, 6.45) is 0. The first-order chi connectivity index (χ1) is 29.7. The molecule has 0 saturated heterocycles. The summed E-state index contributed by atoms with van der Waals surface area (Å²) in [5.41, 5.74) is 0.282. The smallest absolute Gasteiger partial charge is 0.744 e. The van der Waals surface area contributed by atoms with E-state index in [9.17, 15) is 66.9 Å². The Morgan fingerprint density at radius 2 is 0.750 bits per heavy atom. The molecule has 4 N–H and O–H groups in total. The fourth-order valence-electron chi connectivity index (χ4n) is 6.16. The van der Waals surface area contributed by atoms with Gasteiger partial charge in [0.05, 0.1) is 78.7 Å². The molecule has 23 nitrogen and oxygen atoms in total. The first kappa shape index (κ1) is 61.3. The summed E-state index contributed by atoms with van der Waals surface area (Å²) in [5, 5.41) is 41.5. The number of aryl methyl sites for hydroxylation is 2. The zero-order valence-electron chi connectivity index (χ0n) is 36.9. The quantitative estimate of drug-likeness (QED) is 0.0504. The van der Waals surface area contributed by atoms with Crippen molar-refractivity contribution in [1.29, 1.82) is 0 Å². The molecule has 0 radical (unpaired) electrons. The number of urea groups is 1. The Kier molecular flexibility index (Phi) is 21.3. The van der Waals surface area contributed by atoms with Crippen molar-refractivity contribution in [2.45, 2.75) is 33.4 Å². The van der Waals surface area contributed by atoms with E-state index in [0.29, 0.717) is 23.3 Å². The van der Waals surface area contributed by atoms with E-state index in [4.69, 9.17) is 9.47 Å². The number of nitrogens with one attached hydrogen (secondary N) is 2. The van der Waals surface area contributed by atoms with Crippen molar-refractivity contribution in [3.63, 3.8) is 0 Å². The Balaban J connectivity index is 0.00000397. The van der Waals surface area contributed by atoms with Gasteiger partial charge in [-0.15, -0.1) is 10.2 Å². The number of benzene rings is 6. The van der Waals surface area contributed by atoms with Crippen LogP contribution in [-0.4, -0.2) is 82.3 Å². The molecule has 0 spiro atoms. The second-order valence-electron chi connectivity index (χ2n) is 13.4. The number of hydrogen-bond acceptors (Lipinski definition) is 21. The number of phenolic OH excluding ortho intramolecular Hbond substituents is 2. The molecular formula is C37H28N6Na4O17S4. The van der Waals surface area contributed by atoms with Gasteiger partial charge in [-0.1, -0.05) is 0 Å². The van der Waals surface area contributed by atoms with E-state index in [1.54, 1.807) is 13.8 Å². The molecule has 0 heterocycles. The molecule has 0 saturated carbocycles. The number of azo groups is 2. The van der Waals surface area contributed by atoms with Crippen LogP contribution < -0.4 is 138 Å². The maximum absolute atomic E-state index is 13.3. The van der Waals surface area contributed by atoms with E-state index in [-0.39, 0.29) is 185 Å². The first-order valence-electron chi connectivity index (χ1n) is 17.4. The number of methoxy groups -OCH3 is 2. The summed E-state index contributed by atoms with van der Waals surface area (Å²) in [6, 6.07) is 10.6. The molecule has 0 bridgehead atoms. The number of rotatable bonds is 12. The van der Waals surface area contributed by atoms with Crippen molar-refractivity contribution >= 4 is 102 Å². The predicted molar refractivity (Wildman–Crippen MR) is 220 cm³/mol. The van der Waals surface area contributed by atoms with Gasteiger partial charge >= 0.3 is 124 Å². The number of carbonyl (C=O) groups is 1. The second-order valence-corrected chi connectivity index (χ2v) is 19.0. The molecule has 6 aromatic rings. The minimum absolute atomic E-state index is 0. The van der Waals surface area contributed by atoms with Gasteiger partial charge in [0.2, 0.25) is 0 Å². The van der Waals surface area contributed by atoms with Crippen LogP contribution >= 0.6 is 0 Å². The largest absolute Gasteiger partial charge is 1.00 e. The third-order valence-corrected chi connectivity index (χ3v) is 12.4. The molecule has 6 rings (SSSR count). The number of aromatic hydroxyl groups is 2. The Labute approximate surface area is 476 Å². The number of phenols is 2. The van der Waals surface area contributed by atoms with Gasteiger partial charge in [-0.25, -0.2) is 38.5 Å². The van der Waals surface area contributed by atoms with Crippen LogP contribution in [0, 0.1) is 13.8 Å².